The summed E-state index contributed by atoms with van der Waals surface area (Å²) >= 11 is 0. The molecule has 1 fully saturated rings. The van der Waals surface area contributed by atoms with Gasteiger partial charge in [-0.15, -0.1) is 0 Å². The van der Waals surface area contributed by atoms with Crippen LogP contribution in [0.1, 0.15) is 27.1 Å². The fourth-order valence-electron chi connectivity index (χ4n) is 4.09. The minimum atomic E-state index is -1.74. The predicted octanol–water partition coefficient (Wildman–Crippen LogP) is 4.13. The normalized spacial score (nSPS) is 15.3. The Balaban J connectivity index is 1.62. The monoisotopic (exact) mass is 448 g/mol. The van der Waals surface area contributed by atoms with E-state index in [9.17, 15) is 4.79 Å². The first-order chi connectivity index (χ1) is 17.0. The first kappa shape index (κ1) is 18.8. The Hall–Kier alpha value is -3.78. The zero-order chi connectivity index (χ0) is 24.4. The Morgan fingerprint density at radius 2 is 1.97 bits per heavy atom. The van der Waals surface area contributed by atoms with Crippen LogP contribution in [-0.4, -0.2) is 39.8 Å². The number of benzene rings is 2. The van der Waals surface area contributed by atoms with Crippen LogP contribution < -0.4 is 10.2 Å². The molecule has 0 bridgehead atoms. The summed E-state index contributed by atoms with van der Waals surface area (Å²) in [6.45, 7) is 1.30. The number of para-hydroxylation sites is 1. The Morgan fingerprint density at radius 3 is 2.73 bits per heavy atom. The number of methoxy groups -OCH3 is 1. The smallest absolute Gasteiger partial charge is 0.251 e. The molecule has 1 aliphatic rings. The topological polar surface area (TPSA) is 71.2 Å². The molecule has 0 N–H and O–H groups in total. The molecule has 8 heteroatoms. The van der Waals surface area contributed by atoms with E-state index in [4.69, 9.17) is 12.2 Å². The number of hydrogen-bond acceptors (Lipinski definition) is 5. The molecule has 0 aliphatic carbocycles. The van der Waals surface area contributed by atoms with Crippen molar-refractivity contribution >= 4 is 0 Å². The number of rotatable bonds is 5. The third kappa shape index (κ3) is 4.05. The van der Waals surface area contributed by atoms with Crippen molar-refractivity contribution in [1.29, 1.82) is 0 Å². The van der Waals surface area contributed by atoms with E-state index in [0.717, 1.165) is 18.4 Å². The molecule has 5 rings (SSSR count). The Bertz CT molecular complexity index is 1390. The Labute approximate surface area is 192 Å². The van der Waals surface area contributed by atoms with Gasteiger partial charge in [-0.05, 0) is 54.7 Å². The lowest BCUT2D eigenvalue weighted by molar-refractivity contribution is 0.0853. The molecule has 168 valence electrons. The summed E-state index contributed by atoms with van der Waals surface area (Å²) < 4.78 is 43.5. The van der Waals surface area contributed by atoms with E-state index < -0.39 is 18.3 Å². The predicted molar refractivity (Wildman–Crippen MR) is 122 cm³/mol. The van der Waals surface area contributed by atoms with Gasteiger partial charge in [-0.3, -0.25) is 4.79 Å². The van der Waals surface area contributed by atoms with Gasteiger partial charge in [0, 0.05) is 13.2 Å². The number of ether oxygens (including phenoxy) is 2. The number of halogens is 1. The molecular formula is C25H23FN4O3. The molecule has 0 atom stereocenters. The van der Waals surface area contributed by atoms with Gasteiger partial charge in [0.2, 0.25) is 0 Å². The van der Waals surface area contributed by atoms with Gasteiger partial charge in [0.25, 0.3) is 5.43 Å². The van der Waals surface area contributed by atoms with Crippen LogP contribution in [0.25, 0.3) is 22.8 Å². The summed E-state index contributed by atoms with van der Waals surface area (Å²) in [5.74, 6) is -0.568. The molecule has 1 saturated heterocycles. The zero-order valence-corrected chi connectivity index (χ0v) is 17.7. The fraction of sp³-hybridized carbons (Fsp3) is 0.240. The van der Waals surface area contributed by atoms with Crippen molar-refractivity contribution in [2.24, 2.45) is 0 Å². The fourth-order valence-corrected chi connectivity index (χ4v) is 4.09. The van der Waals surface area contributed by atoms with Crippen molar-refractivity contribution in [2.45, 2.75) is 18.8 Å². The average Bonchev–Trinajstić information content (AvgIpc) is 3.36. The standard InChI is InChI=1S/C25H23FN4O3/c1-32-23-16-29(21-8-7-18(15-20(21)26)17-10-13-33-14-11-17)28-24(25(23)31)22-9-12-27-30(22)19-5-3-2-4-6-19/h2-9,12,15-17H,10-11,13-14H2,1H3/i1D2. The first-order valence-electron chi connectivity index (χ1n) is 11.8. The molecule has 0 unspecified atom stereocenters. The largest absolute Gasteiger partial charge is 0.491 e. The molecule has 0 spiro atoms. The third-order valence-electron chi connectivity index (χ3n) is 5.81. The van der Waals surface area contributed by atoms with E-state index in [1.807, 2.05) is 36.4 Å². The molecule has 2 aromatic heterocycles. The summed E-state index contributed by atoms with van der Waals surface area (Å²) in [4.78, 5) is 13.2. The van der Waals surface area contributed by atoms with Crippen LogP contribution in [0, 0.1) is 5.82 Å². The summed E-state index contributed by atoms with van der Waals surface area (Å²) in [6.07, 6.45) is 4.39. The van der Waals surface area contributed by atoms with E-state index in [-0.39, 0.29) is 23.0 Å². The van der Waals surface area contributed by atoms with E-state index in [0.29, 0.717) is 24.6 Å². The number of aromatic nitrogens is 4. The highest BCUT2D eigenvalue weighted by molar-refractivity contribution is 5.59. The molecule has 2 aromatic carbocycles. The van der Waals surface area contributed by atoms with Gasteiger partial charge in [-0.1, -0.05) is 24.3 Å². The van der Waals surface area contributed by atoms with Crippen LogP contribution in [-0.2, 0) is 4.74 Å². The summed E-state index contributed by atoms with van der Waals surface area (Å²) in [6, 6.07) is 15.8. The van der Waals surface area contributed by atoms with Crippen molar-refractivity contribution in [3.8, 4) is 28.5 Å². The molecule has 0 amide bonds. The van der Waals surface area contributed by atoms with Crippen molar-refractivity contribution in [3.05, 3.63) is 88.6 Å². The van der Waals surface area contributed by atoms with Crippen LogP contribution in [0.4, 0.5) is 4.39 Å². The van der Waals surface area contributed by atoms with Crippen LogP contribution in [0.2, 0.25) is 0 Å². The average molecular weight is 448 g/mol. The van der Waals surface area contributed by atoms with Crippen LogP contribution in [0.5, 0.6) is 5.75 Å². The lowest BCUT2D eigenvalue weighted by atomic mass is 9.91. The third-order valence-corrected chi connectivity index (χ3v) is 5.81. The Morgan fingerprint density at radius 1 is 1.15 bits per heavy atom. The van der Waals surface area contributed by atoms with E-state index in [1.54, 1.807) is 16.8 Å². The SMILES string of the molecule is [2H]C([2H])Oc1cn(-c2ccc(C3CCOCC3)cc2F)nc(-c2ccnn2-c2ccccc2)c1=O. The lowest BCUT2D eigenvalue weighted by Crippen LogP contribution is -2.18. The van der Waals surface area contributed by atoms with Crippen LogP contribution >= 0.6 is 0 Å². The second kappa shape index (κ2) is 8.99. The number of hydrogen-bond donors (Lipinski definition) is 0. The van der Waals surface area contributed by atoms with Crippen LogP contribution in [0.3, 0.4) is 0 Å². The maximum atomic E-state index is 15.3. The van der Waals surface area contributed by atoms with Crippen molar-refractivity contribution in [1.82, 2.24) is 19.6 Å². The first-order valence-corrected chi connectivity index (χ1v) is 10.6. The van der Waals surface area contributed by atoms with Gasteiger partial charge in [-0.25, -0.2) is 13.8 Å². The summed E-state index contributed by atoms with van der Waals surface area (Å²) in [5, 5.41) is 8.73. The molecule has 3 heterocycles. The molecule has 0 saturated carbocycles. The van der Waals surface area contributed by atoms with E-state index in [2.05, 4.69) is 10.2 Å². The molecule has 7 nitrogen and oxygen atoms in total. The second-order valence-electron chi connectivity index (χ2n) is 7.79. The second-order valence-corrected chi connectivity index (χ2v) is 7.79. The minimum Gasteiger partial charge on any atom is -0.491 e. The zero-order valence-electron chi connectivity index (χ0n) is 19.7. The number of nitrogens with zero attached hydrogens (tertiary/aromatic N) is 4. The van der Waals surface area contributed by atoms with Gasteiger partial charge in [-0.2, -0.15) is 10.2 Å². The molecule has 1 aliphatic heterocycles. The van der Waals surface area contributed by atoms with E-state index in [1.165, 1.54) is 23.1 Å². The quantitative estimate of drug-likeness (QED) is 0.459. The van der Waals surface area contributed by atoms with Crippen LogP contribution in [0.15, 0.2) is 71.8 Å². The highest BCUT2D eigenvalue weighted by Crippen LogP contribution is 2.29. The highest BCUT2D eigenvalue weighted by atomic mass is 19.1. The van der Waals surface area contributed by atoms with Gasteiger partial charge in [0.15, 0.2) is 11.4 Å². The molecule has 0 radical (unpaired) electrons. The minimum absolute atomic E-state index is 0.0441. The molecule has 33 heavy (non-hydrogen) atoms. The lowest BCUT2D eigenvalue weighted by Gasteiger charge is -2.22. The van der Waals surface area contributed by atoms with Gasteiger partial charge in [0.1, 0.15) is 11.5 Å². The van der Waals surface area contributed by atoms with E-state index >= 15 is 4.39 Å². The van der Waals surface area contributed by atoms with Gasteiger partial charge >= 0.3 is 0 Å². The van der Waals surface area contributed by atoms with Crippen molar-refractivity contribution in [3.63, 3.8) is 0 Å². The summed E-state index contributed by atoms with van der Waals surface area (Å²) in [7, 11) is -1.74. The maximum absolute atomic E-state index is 15.3. The highest BCUT2D eigenvalue weighted by Gasteiger charge is 2.21. The molecular weight excluding hydrogens is 423 g/mol. The summed E-state index contributed by atoms with van der Waals surface area (Å²) in [5.41, 5.74) is 1.40. The van der Waals surface area contributed by atoms with Crippen molar-refractivity contribution < 1.29 is 16.6 Å². The molecule has 4 aromatic rings. The van der Waals surface area contributed by atoms with Gasteiger partial charge in [0.05, 0.1) is 33.6 Å². The van der Waals surface area contributed by atoms with Gasteiger partial charge < -0.3 is 9.47 Å². The van der Waals surface area contributed by atoms with Crippen molar-refractivity contribution in [2.75, 3.05) is 20.3 Å². The Kier molecular flexibility index (Phi) is 5.11. The maximum Gasteiger partial charge on any atom is 0.251 e.